The second-order valence-corrected chi connectivity index (χ2v) is 7.41. The molecule has 0 bridgehead atoms. The molecule has 148 valence electrons. The highest BCUT2D eigenvalue weighted by molar-refractivity contribution is 8.14. The van der Waals surface area contributed by atoms with Gasteiger partial charge in [-0.25, -0.2) is 0 Å². The van der Waals surface area contributed by atoms with Gasteiger partial charge in [0.2, 0.25) is 5.91 Å². The van der Waals surface area contributed by atoms with Gasteiger partial charge in [-0.05, 0) is 37.1 Å². The van der Waals surface area contributed by atoms with E-state index in [1.165, 1.54) is 6.26 Å². The molecule has 0 saturated carbocycles. The molecule has 2 aromatic rings. The molecule has 1 aliphatic rings. The number of hydrogen-bond acceptors (Lipinski definition) is 7. The van der Waals surface area contributed by atoms with Gasteiger partial charge in [-0.3, -0.25) is 24.1 Å². The molecular weight excluding hydrogens is 384 g/mol. The first-order valence-electron chi connectivity index (χ1n) is 8.72. The molecule has 0 spiro atoms. The summed E-state index contributed by atoms with van der Waals surface area (Å²) >= 11 is 0.938. The van der Waals surface area contributed by atoms with Crippen molar-refractivity contribution in [2.45, 2.75) is 20.3 Å². The Morgan fingerprint density at radius 2 is 2.00 bits per heavy atom. The van der Waals surface area contributed by atoms with Gasteiger partial charge in [0, 0.05) is 24.0 Å². The predicted molar refractivity (Wildman–Crippen MR) is 103 cm³/mol. The van der Waals surface area contributed by atoms with Crippen LogP contribution in [0.4, 0.5) is 4.79 Å². The zero-order valence-electron chi connectivity index (χ0n) is 15.6. The Labute approximate surface area is 165 Å². The van der Waals surface area contributed by atoms with Gasteiger partial charge in [-0.15, -0.1) is 0 Å². The number of carbonyl (C=O) groups is 4. The molecular formula is C19H20N2O6S. The van der Waals surface area contributed by atoms with Crippen LogP contribution in [0.1, 0.15) is 16.7 Å². The van der Waals surface area contributed by atoms with Crippen LogP contribution in [0.25, 0.3) is 11.0 Å². The van der Waals surface area contributed by atoms with Crippen molar-refractivity contribution in [2.24, 2.45) is 0 Å². The molecule has 2 heterocycles. The highest BCUT2D eigenvalue weighted by Gasteiger charge is 2.29. The molecule has 9 heteroatoms. The predicted octanol–water partition coefficient (Wildman–Crippen LogP) is 1.95. The number of aryl methyl sites for hydroxylation is 2. The molecule has 1 fully saturated rings. The SMILES string of the molecule is Cc1cc2occ(CC(=O)OCC(=O)NCCN3C(=O)CSC3=O)c2cc1C. The molecule has 0 radical (unpaired) electrons. The topological polar surface area (TPSA) is 106 Å². The van der Waals surface area contributed by atoms with Crippen LogP contribution in [-0.2, 0) is 25.5 Å². The third-order valence-electron chi connectivity index (χ3n) is 4.47. The van der Waals surface area contributed by atoms with E-state index in [-0.39, 0.29) is 36.4 Å². The van der Waals surface area contributed by atoms with Crippen molar-refractivity contribution in [1.29, 1.82) is 0 Å². The molecule has 1 saturated heterocycles. The number of benzene rings is 1. The Balaban J connectivity index is 1.44. The average Bonchev–Trinajstić information content (AvgIpc) is 3.18. The highest BCUT2D eigenvalue weighted by atomic mass is 32.2. The van der Waals surface area contributed by atoms with E-state index in [0.717, 1.165) is 33.2 Å². The summed E-state index contributed by atoms with van der Waals surface area (Å²) in [5.74, 6) is -1.18. The number of rotatable bonds is 7. The standard InChI is InChI=1S/C19H20N2O6S/c1-11-5-14-13(8-26-15(14)6-12(11)2)7-18(24)27-9-16(22)20-3-4-21-17(23)10-28-19(21)25/h5-6,8H,3-4,7,9-10H2,1-2H3,(H,20,22). The zero-order chi connectivity index (χ0) is 20.3. The molecule has 1 aromatic heterocycles. The van der Waals surface area contributed by atoms with E-state index in [1.54, 1.807) is 0 Å². The van der Waals surface area contributed by atoms with E-state index in [1.807, 2.05) is 26.0 Å². The monoisotopic (exact) mass is 404 g/mol. The van der Waals surface area contributed by atoms with Gasteiger partial charge in [0.25, 0.3) is 11.1 Å². The van der Waals surface area contributed by atoms with Crippen molar-refractivity contribution in [3.05, 3.63) is 35.1 Å². The number of nitrogens with zero attached hydrogens (tertiary/aromatic N) is 1. The molecule has 3 amide bonds. The Morgan fingerprint density at radius 3 is 2.71 bits per heavy atom. The average molecular weight is 404 g/mol. The van der Waals surface area contributed by atoms with Crippen LogP contribution in [0, 0.1) is 13.8 Å². The molecule has 28 heavy (non-hydrogen) atoms. The summed E-state index contributed by atoms with van der Waals surface area (Å²) < 4.78 is 10.5. The van der Waals surface area contributed by atoms with Crippen LogP contribution >= 0.6 is 11.8 Å². The zero-order valence-corrected chi connectivity index (χ0v) is 16.4. The summed E-state index contributed by atoms with van der Waals surface area (Å²) in [6, 6.07) is 3.88. The van der Waals surface area contributed by atoms with Crippen molar-refractivity contribution >= 4 is 45.8 Å². The number of thioether (sulfide) groups is 1. The number of imide groups is 1. The van der Waals surface area contributed by atoms with Crippen molar-refractivity contribution < 1.29 is 28.3 Å². The first-order chi connectivity index (χ1) is 13.3. The maximum absolute atomic E-state index is 12.0. The number of carbonyl (C=O) groups excluding carboxylic acids is 4. The minimum absolute atomic E-state index is 0.00319. The number of esters is 1. The van der Waals surface area contributed by atoms with Gasteiger partial charge in [0.1, 0.15) is 5.58 Å². The van der Waals surface area contributed by atoms with Crippen LogP contribution < -0.4 is 5.32 Å². The van der Waals surface area contributed by atoms with Crippen LogP contribution in [0.3, 0.4) is 0 Å². The Morgan fingerprint density at radius 1 is 1.25 bits per heavy atom. The fourth-order valence-corrected chi connectivity index (χ4v) is 3.53. The van der Waals surface area contributed by atoms with Crippen LogP contribution in [-0.4, -0.2) is 53.4 Å². The molecule has 0 unspecified atom stereocenters. The van der Waals surface area contributed by atoms with Crippen molar-refractivity contribution in [3.63, 3.8) is 0 Å². The van der Waals surface area contributed by atoms with Crippen molar-refractivity contribution in [2.75, 3.05) is 25.4 Å². The minimum Gasteiger partial charge on any atom is -0.464 e. The van der Waals surface area contributed by atoms with Gasteiger partial charge in [0.15, 0.2) is 6.61 Å². The minimum atomic E-state index is -0.544. The van der Waals surface area contributed by atoms with Crippen LogP contribution in [0.15, 0.2) is 22.8 Å². The summed E-state index contributed by atoms with van der Waals surface area (Å²) in [5, 5.41) is 3.05. The van der Waals surface area contributed by atoms with Gasteiger partial charge in [-0.2, -0.15) is 0 Å². The van der Waals surface area contributed by atoms with E-state index < -0.39 is 18.5 Å². The maximum atomic E-state index is 12.0. The summed E-state index contributed by atoms with van der Waals surface area (Å²) in [6.45, 7) is 3.75. The summed E-state index contributed by atoms with van der Waals surface area (Å²) in [6.07, 6.45) is 1.52. The number of amides is 3. The summed E-state index contributed by atoms with van der Waals surface area (Å²) in [4.78, 5) is 47.8. The second kappa shape index (κ2) is 8.47. The van der Waals surface area contributed by atoms with E-state index >= 15 is 0 Å². The van der Waals surface area contributed by atoms with Crippen molar-refractivity contribution in [3.8, 4) is 0 Å². The van der Waals surface area contributed by atoms with E-state index in [2.05, 4.69) is 5.32 Å². The lowest BCUT2D eigenvalue weighted by molar-refractivity contribution is -0.147. The molecule has 8 nitrogen and oxygen atoms in total. The number of nitrogens with one attached hydrogen (secondary N) is 1. The quantitative estimate of drug-likeness (QED) is 0.703. The van der Waals surface area contributed by atoms with Crippen LogP contribution in [0.2, 0.25) is 0 Å². The normalized spacial score (nSPS) is 14.0. The molecule has 0 atom stereocenters. The first-order valence-corrected chi connectivity index (χ1v) is 9.70. The molecule has 0 aliphatic carbocycles. The highest BCUT2D eigenvalue weighted by Crippen LogP contribution is 2.25. The van der Waals surface area contributed by atoms with Crippen molar-refractivity contribution in [1.82, 2.24) is 10.2 Å². The molecule has 1 N–H and O–H groups in total. The smallest absolute Gasteiger partial charge is 0.310 e. The Hall–Kier alpha value is -2.81. The lowest BCUT2D eigenvalue weighted by Gasteiger charge is -2.13. The Bertz CT molecular complexity index is 935. The maximum Gasteiger partial charge on any atom is 0.310 e. The van der Waals surface area contributed by atoms with Gasteiger partial charge in [0.05, 0.1) is 18.4 Å². The molecule has 1 aliphatic heterocycles. The number of hydrogen-bond donors (Lipinski definition) is 1. The lowest BCUT2D eigenvalue weighted by Crippen LogP contribution is -2.38. The summed E-state index contributed by atoms with van der Waals surface area (Å²) in [7, 11) is 0. The third-order valence-corrected chi connectivity index (χ3v) is 5.33. The van der Waals surface area contributed by atoms with Crippen LogP contribution in [0.5, 0.6) is 0 Å². The second-order valence-electron chi connectivity index (χ2n) is 6.48. The first kappa shape index (κ1) is 19.9. The largest absolute Gasteiger partial charge is 0.464 e. The number of fused-ring (bicyclic) bond motifs is 1. The van der Waals surface area contributed by atoms with E-state index in [0.29, 0.717) is 11.1 Å². The van der Waals surface area contributed by atoms with Gasteiger partial charge >= 0.3 is 5.97 Å². The fourth-order valence-electron chi connectivity index (χ4n) is 2.78. The van der Waals surface area contributed by atoms with Gasteiger partial charge < -0.3 is 14.5 Å². The third kappa shape index (κ3) is 4.53. The molecule has 3 rings (SSSR count). The Kier molecular flexibility index (Phi) is 6.03. The summed E-state index contributed by atoms with van der Waals surface area (Å²) in [5.41, 5.74) is 3.60. The number of furan rings is 1. The van der Waals surface area contributed by atoms with E-state index in [4.69, 9.17) is 9.15 Å². The van der Waals surface area contributed by atoms with E-state index in [9.17, 15) is 19.2 Å². The van der Waals surface area contributed by atoms with Gasteiger partial charge in [-0.1, -0.05) is 11.8 Å². The molecule has 1 aromatic carbocycles. The lowest BCUT2D eigenvalue weighted by atomic mass is 10.0. The number of ether oxygens (including phenoxy) is 1. The fraction of sp³-hybridized carbons (Fsp3) is 0.368.